The highest BCUT2D eigenvalue weighted by Gasteiger charge is 2.36. The van der Waals surface area contributed by atoms with Crippen LogP contribution >= 0.6 is 0 Å². The van der Waals surface area contributed by atoms with Gasteiger partial charge in [-0.3, -0.25) is 0 Å². The summed E-state index contributed by atoms with van der Waals surface area (Å²) in [6, 6.07) is 0. The maximum Gasteiger partial charge on any atom is 0.253 e. The minimum Gasteiger partial charge on any atom is -0.378 e. The predicted molar refractivity (Wildman–Crippen MR) is 67.4 cm³/mol. The molecule has 0 aliphatic heterocycles. The van der Waals surface area contributed by atoms with Crippen LogP contribution in [0.2, 0.25) is 0 Å². The molecule has 1 fully saturated rings. The Bertz CT molecular complexity index is 473. The first kappa shape index (κ1) is 15.0. The average molecular weight is 291 g/mol. The number of anilines is 1. The van der Waals surface area contributed by atoms with Gasteiger partial charge in [-0.05, 0) is 26.9 Å². The maximum atomic E-state index is 13.5. The molecule has 0 radical (unpaired) electrons. The van der Waals surface area contributed by atoms with Crippen molar-refractivity contribution in [3.05, 3.63) is 23.5 Å². The summed E-state index contributed by atoms with van der Waals surface area (Å²) >= 11 is 0. The van der Waals surface area contributed by atoms with Gasteiger partial charge in [-0.1, -0.05) is 12.8 Å². The Kier molecular flexibility index (Phi) is 4.17. The quantitative estimate of drug-likeness (QED) is 0.683. The molecule has 0 amide bonds. The highest BCUT2D eigenvalue weighted by atomic mass is 19.2. The van der Waals surface area contributed by atoms with Gasteiger partial charge in [0.2, 0.25) is 11.6 Å². The molecular formula is C13H17F4N3. The van der Waals surface area contributed by atoms with Crippen LogP contribution in [0, 0.1) is 23.5 Å². The Morgan fingerprint density at radius 2 is 1.55 bits per heavy atom. The number of hydrogen-bond acceptors (Lipinski definition) is 3. The number of hydrogen-bond donors (Lipinski definition) is 1. The van der Waals surface area contributed by atoms with Crippen LogP contribution in [-0.2, 0) is 0 Å². The van der Waals surface area contributed by atoms with Crippen molar-refractivity contribution in [2.45, 2.75) is 31.2 Å². The van der Waals surface area contributed by atoms with E-state index in [2.05, 4.69) is 10.3 Å². The first-order valence-corrected chi connectivity index (χ1v) is 6.49. The van der Waals surface area contributed by atoms with Crippen molar-refractivity contribution in [2.75, 3.05) is 26.0 Å². The van der Waals surface area contributed by atoms with Gasteiger partial charge in [-0.2, -0.15) is 22.5 Å². The molecule has 0 saturated heterocycles. The molecule has 1 heterocycles. The standard InChI is InChI=1S/C13H17F4N3/c1-20(2)13(5-3-4-6-13)7-18-10-8(14)11(16)19-12(17)9(10)15/h3-7H2,1-2H3,(H,18,19). The molecule has 112 valence electrons. The minimum absolute atomic E-state index is 0.219. The Morgan fingerprint density at radius 3 is 2.00 bits per heavy atom. The number of halogens is 4. The summed E-state index contributed by atoms with van der Waals surface area (Å²) in [7, 11) is 3.76. The third kappa shape index (κ3) is 2.59. The molecule has 0 unspecified atom stereocenters. The van der Waals surface area contributed by atoms with Crippen LogP contribution in [-0.4, -0.2) is 36.1 Å². The van der Waals surface area contributed by atoms with E-state index >= 15 is 0 Å². The van der Waals surface area contributed by atoms with Gasteiger partial charge >= 0.3 is 0 Å². The highest BCUT2D eigenvalue weighted by molar-refractivity contribution is 5.45. The number of likely N-dealkylation sites (N-methyl/N-ethyl adjacent to an activating group) is 1. The zero-order valence-corrected chi connectivity index (χ0v) is 11.4. The van der Waals surface area contributed by atoms with Crippen LogP contribution in [0.25, 0.3) is 0 Å². The van der Waals surface area contributed by atoms with Gasteiger partial charge in [0.25, 0.3) is 11.9 Å². The summed E-state index contributed by atoms with van der Waals surface area (Å²) in [6.45, 7) is 0.219. The molecule has 0 aromatic carbocycles. The number of nitrogens with zero attached hydrogens (tertiary/aromatic N) is 2. The summed E-state index contributed by atoms with van der Waals surface area (Å²) in [6.07, 6.45) is 3.77. The molecule has 0 spiro atoms. The largest absolute Gasteiger partial charge is 0.378 e. The van der Waals surface area contributed by atoms with E-state index in [1.165, 1.54) is 0 Å². The van der Waals surface area contributed by atoms with E-state index < -0.39 is 29.2 Å². The van der Waals surface area contributed by atoms with E-state index in [9.17, 15) is 17.6 Å². The van der Waals surface area contributed by atoms with E-state index in [-0.39, 0.29) is 12.1 Å². The number of nitrogens with one attached hydrogen (secondary N) is 1. The van der Waals surface area contributed by atoms with Gasteiger partial charge in [0.05, 0.1) is 0 Å². The number of pyridine rings is 1. The highest BCUT2D eigenvalue weighted by Crippen LogP contribution is 2.34. The van der Waals surface area contributed by atoms with Crippen molar-refractivity contribution in [2.24, 2.45) is 0 Å². The van der Waals surface area contributed by atoms with Gasteiger partial charge in [0, 0.05) is 12.1 Å². The van der Waals surface area contributed by atoms with Crippen LogP contribution in [0.3, 0.4) is 0 Å². The molecule has 3 nitrogen and oxygen atoms in total. The summed E-state index contributed by atoms with van der Waals surface area (Å²) in [5.41, 5.74) is -1.04. The zero-order valence-electron chi connectivity index (χ0n) is 11.4. The van der Waals surface area contributed by atoms with Crippen molar-refractivity contribution in [3.63, 3.8) is 0 Å². The molecule has 1 N–H and O–H groups in total. The van der Waals surface area contributed by atoms with E-state index in [1.807, 2.05) is 19.0 Å². The lowest BCUT2D eigenvalue weighted by molar-refractivity contribution is 0.172. The Labute approximate surface area is 115 Å². The van der Waals surface area contributed by atoms with Gasteiger partial charge in [0.15, 0.2) is 0 Å². The first-order chi connectivity index (χ1) is 9.37. The van der Waals surface area contributed by atoms with Crippen LogP contribution in [0.5, 0.6) is 0 Å². The lowest BCUT2D eigenvalue weighted by Gasteiger charge is -2.36. The number of rotatable bonds is 4. The molecule has 1 aliphatic rings. The Morgan fingerprint density at radius 1 is 1.05 bits per heavy atom. The van der Waals surface area contributed by atoms with Crippen LogP contribution < -0.4 is 5.32 Å². The SMILES string of the molecule is CN(C)C1(CNc2c(F)c(F)nc(F)c2F)CCCC1. The lowest BCUT2D eigenvalue weighted by Crippen LogP contribution is -2.47. The summed E-state index contributed by atoms with van der Waals surface area (Å²) < 4.78 is 53.1. The summed E-state index contributed by atoms with van der Waals surface area (Å²) in [5, 5.41) is 2.52. The van der Waals surface area contributed by atoms with E-state index in [1.54, 1.807) is 0 Å². The van der Waals surface area contributed by atoms with E-state index in [4.69, 9.17) is 0 Å². The Hall–Kier alpha value is -1.37. The average Bonchev–Trinajstić information content (AvgIpc) is 2.86. The minimum atomic E-state index is -1.64. The molecule has 7 heteroatoms. The van der Waals surface area contributed by atoms with Crippen LogP contribution in [0.15, 0.2) is 0 Å². The van der Waals surface area contributed by atoms with E-state index in [0.717, 1.165) is 25.7 Å². The number of aromatic nitrogens is 1. The monoisotopic (exact) mass is 291 g/mol. The molecule has 1 saturated carbocycles. The summed E-state index contributed by atoms with van der Waals surface area (Å²) in [4.78, 5) is 4.51. The first-order valence-electron chi connectivity index (χ1n) is 6.49. The normalized spacial score (nSPS) is 17.8. The van der Waals surface area contributed by atoms with Gasteiger partial charge in [-0.25, -0.2) is 0 Å². The molecule has 2 rings (SSSR count). The second kappa shape index (κ2) is 5.55. The molecule has 1 aromatic heterocycles. The topological polar surface area (TPSA) is 28.2 Å². The van der Waals surface area contributed by atoms with Crippen molar-refractivity contribution < 1.29 is 17.6 Å². The van der Waals surface area contributed by atoms with Gasteiger partial charge in [-0.15, -0.1) is 0 Å². The van der Waals surface area contributed by atoms with E-state index in [0.29, 0.717) is 0 Å². The van der Waals surface area contributed by atoms with Crippen molar-refractivity contribution >= 4 is 5.69 Å². The second-order valence-corrected chi connectivity index (χ2v) is 5.38. The zero-order chi connectivity index (χ0) is 14.9. The fraction of sp³-hybridized carbons (Fsp3) is 0.615. The summed E-state index contributed by atoms with van der Waals surface area (Å²) in [5.74, 6) is -6.26. The third-order valence-corrected chi connectivity index (χ3v) is 4.07. The van der Waals surface area contributed by atoms with Gasteiger partial charge in [0.1, 0.15) is 5.69 Å². The smallest absolute Gasteiger partial charge is 0.253 e. The second-order valence-electron chi connectivity index (χ2n) is 5.38. The van der Waals surface area contributed by atoms with Crippen molar-refractivity contribution in [1.29, 1.82) is 0 Å². The van der Waals surface area contributed by atoms with Crippen LogP contribution in [0.4, 0.5) is 23.2 Å². The third-order valence-electron chi connectivity index (χ3n) is 4.07. The molecule has 1 aliphatic carbocycles. The lowest BCUT2D eigenvalue weighted by atomic mass is 9.96. The molecule has 20 heavy (non-hydrogen) atoms. The fourth-order valence-electron chi connectivity index (χ4n) is 2.71. The molecule has 1 aromatic rings. The van der Waals surface area contributed by atoms with Crippen molar-refractivity contribution in [3.8, 4) is 0 Å². The Balaban J connectivity index is 2.23. The maximum absolute atomic E-state index is 13.5. The molecule has 0 atom stereocenters. The predicted octanol–water partition coefficient (Wildman–Crippen LogP) is 2.92. The molecule has 0 bridgehead atoms. The van der Waals surface area contributed by atoms with Gasteiger partial charge < -0.3 is 10.2 Å². The molecular weight excluding hydrogens is 274 g/mol. The van der Waals surface area contributed by atoms with Crippen molar-refractivity contribution in [1.82, 2.24) is 9.88 Å². The fourth-order valence-corrected chi connectivity index (χ4v) is 2.71. The van der Waals surface area contributed by atoms with Crippen LogP contribution in [0.1, 0.15) is 25.7 Å².